The Hall–Kier alpha value is -2.89. The van der Waals surface area contributed by atoms with E-state index in [-0.39, 0.29) is 17.7 Å². The van der Waals surface area contributed by atoms with Gasteiger partial charge in [0.1, 0.15) is 11.1 Å². The Labute approximate surface area is 202 Å². The minimum absolute atomic E-state index is 0.151. The molecule has 0 spiro atoms. The Morgan fingerprint density at radius 3 is 2.55 bits per heavy atom. The summed E-state index contributed by atoms with van der Waals surface area (Å²) in [7, 11) is 0. The largest absolute Gasteiger partial charge is 0.317 e. The van der Waals surface area contributed by atoms with E-state index in [1.165, 1.54) is 16.2 Å². The highest BCUT2D eigenvalue weighted by molar-refractivity contribution is 7.73. The summed E-state index contributed by atoms with van der Waals surface area (Å²) in [4.78, 5) is 38.6. The van der Waals surface area contributed by atoms with Crippen LogP contribution in [0.4, 0.5) is 5.00 Å². The number of carbonyl (C=O) groups excluding carboxylic acids is 3. The van der Waals surface area contributed by atoms with Crippen LogP contribution >= 0.6 is 23.6 Å². The second-order valence-electron chi connectivity index (χ2n) is 8.68. The molecule has 1 N–H and O–H groups in total. The first kappa shape index (κ1) is 23.3. The van der Waals surface area contributed by atoms with Crippen molar-refractivity contribution >= 4 is 46.3 Å². The van der Waals surface area contributed by atoms with Crippen molar-refractivity contribution in [3.63, 3.8) is 0 Å². The summed E-state index contributed by atoms with van der Waals surface area (Å²) in [6, 6.07) is 9.13. The van der Waals surface area contributed by atoms with Crippen LogP contribution in [0.25, 0.3) is 0 Å². The molecule has 6 nitrogen and oxygen atoms in total. The predicted molar refractivity (Wildman–Crippen MR) is 130 cm³/mol. The Balaban J connectivity index is 1.28. The molecule has 1 aromatic carbocycles. The van der Waals surface area contributed by atoms with E-state index in [1.54, 1.807) is 24.3 Å². The standard InChI is InChI=1S/C25H25N3O3S2/c1-15-10-11-16-19(13-15)25(32)33-22(20(16)14-26)27-21(29)9-3-2-6-12-28-23(30)17-7-4-5-8-18(17)24(28)31/h4-5,7-8,15H,2-3,6,9-13H2,1H3,(H,27,29). The molecule has 0 radical (unpaired) electrons. The van der Waals surface area contributed by atoms with Gasteiger partial charge < -0.3 is 5.32 Å². The molecule has 1 aliphatic carbocycles. The fourth-order valence-corrected chi connectivity index (χ4v) is 5.92. The van der Waals surface area contributed by atoms with Crippen LogP contribution in [0.15, 0.2) is 24.3 Å². The minimum Gasteiger partial charge on any atom is -0.317 e. The smallest absolute Gasteiger partial charge is 0.261 e. The molecule has 0 bridgehead atoms. The average Bonchev–Trinajstić information content (AvgIpc) is 3.04. The molecule has 4 rings (SSSR count). The van der Waals surface area contributed by atoms with Crippen molar-refractivity contribution in [1.29, 1.82) is 5.26 Å². The summed E-state index contributed by atoms with van der Waals surface area (Å²) in [5.41, 5.74) is 3.55. The number of unbranched alkanes of at least 4 members (excludes halogenated alkanes) is 2. The van der Waals surface area contributed by atoms with Gasteiger partial charge in [-0.15, -0.1) is 11.3 Å². The highest BCUT2D eigenvalue weighted by Gasteiger charge is 2.34. The lowest BCUT2D eigenvalue weighted by Gasteiger charge is -2.23. The monoisotopic (exact) mass is 479 g/mol. The third-order valence-electron chi connectivity index (χ3n) is 6.30. The molecule has 2 aromatic rings. The highest BCUT2D eigenvalue weighted by atomic mass is 32.1. The SMILES string of the molecule is CC1CCc2c(C#N)c(NC(=O)CCCCCN3C(=O)c4ccccc4C3=O)sc(=S)c2C1. The molecule has 170 valence electrons. The number of nitrogens with one attached hydrogen (secondary N) is 1. The number of fused-ring (bicyclic) bond motifs is 2. The summed E-state index contributed by atoms with van der Waals surface area (Å²) < 4.78 is 0.756. The molecule has 0 saturated carbocycles. The molecule has 0 fully saturated rings. The maximum Gasteiger partial charge on any atom is 0.261 e. The van der Waals surface area contributed by atoms with Crippen molar-refractivity contribution in [2.75, 3.05) is 11.9 Å². The van der Waals surface area contributed by atoms with Gasteiger partial charge in [0.2, 0.25) is 5.91 Å². The fraction of sp³-hybridized carbons (Fsp3) is 0.400. The van der Waals surface area contributed by atoms with Crippen LogP contribution in [-0.2, 0) is 17.6 Å². The van der Waals surface area contributed by atoms with Gasteiger partial charge in [-0.1, -0.05) is 37.7 Å². The second kappa shape index (κ2) is 9.94. The summed E-state index contributed by atoms with van der Waals surface area (Å²) in [6.07, 6.45) is 5.01. The van der Waals surface area contributed by atoms with Gasteiger partial charge in [0.25, 0.3) is 11.8 Å². The van der Waals surface area contributed by atoms with Gasteiger partial charge >= 0.3 is 0 Å². The lowest BCUT2D eigenvalue weighted by molar-refractivity contribution is -0.116. The summed E-state index contributed by atoms with van der Waals surface area (Å²) in [5, 5.41) is 13.2. The number of carbonyl (C=O) groups is 3. The highest BCUT2D eigenvalue weighted by Crippen LogP contribution is 2.36. The average molecular weight is 480 g/mol. The number of benzene rings is 1. The first-order chi connectivity index (χ1) is 15.9. The van der Waals surface area contributed by atoms with Crippen LogP contribution in [0.1, 0.15) is 76.4 Å². The molecule has 2 heterocycles. The van der Waals surface area contributed by atoms with Gasteiger partial charge in [0, 0.05) is 13.0 Å². The van der Waals surface area contributed by atoms with E-state index in [0.29, 0.717) is 59.8 Å². The number of imide groups is 1. The maximum atomic E-state index is 12.5. The molecule has 3 amide bonds. The molecule has 0 saturated heterocycles. The summed E-state index contributed by atoms with van der Waals surface area (Å²) >= 11 is 6.86. The number of nitriles is 1. The molecule has 33 heavy (non-hydrogen) atoms. The van der Waals surface area contributed by atoms with E-state index < -0.39 is 0 Å². The maximum absolute atomic E-state index is 12.5. The van der Waals surface area contributed by atoms with Crippen LogP contribution < -0.4 is 5.32 Å². The number of amides is 3. The molecular formula is C25H25N3O3S2. The quantitative estimate of drug-likeness (QED) is 0.332. The van der Waals surface area contributed by atoms with Crippen molar-refractivity contribution in [2.45, 2.75) is 51.9 Å². The summed E-state index contributed by atoms with van der Waals surface area (Å²) in [5.74, 6) is -0.0959. The molecule has 1 atom stereocenters. The number of hydrogen-bond acceptors (Lipinski definition) is 6. The molecule has 2 aliphatic rings. The number of nitrogens with zero attached hydrogens (tertiary/aromatic N) is 2. The van der Waals surface area contributed by atoms with Crippen LogP contribution in [0.5, 0.6) is 0 Å². The predicted octanol–water partition coefficient (Wildman–Crippen LogP) is 5.27. The van der Waals surface area contributed by atoms with Gasteiger partial charge in [-0.2, -0.15) is 5.26 Å². The molecule has 1 aliphatic heterocycles. The zero-order valence-corrected chi connectivity index (χ0v) is 20.1. The van der Waals surface area contributed by atoms with Crippen molar-refractivity contribution in [2.24, 2.45) is 5.92 Å². The lowest BCUT2D eigenvalue weighted by Crippen LogP contribution is -2.30. The van der Waals surface area contributed by atoms with E-state index in [0.717, 1.165) is 34.2 Å². The van der Waals surface area contributed by atoms with Gasteiger partial charge in [-0.25, -0.2) is 0 Å². The van der Waals surface area contributed by atoms with Gasteiger partial charge in [-0.05, 0) is 61.3 Å². The normalized spacial score (nSPS) is 16.8. The third-order valence-corrected chi connectivity index (χ3v) is 7.74. The van der Waals surface area contributed by atoms with Crippen molar-refractivity contribution in [3.05, 3.63) is 55.9 Å². The Kier molecular flexibility index (Phi) is 7.01. The number of anilines is 1. The van der Waals surface area contributed by atoms with Crippen LogP contribution in [-0.4, -0.2) is 29.2 Å². The molecule has 1 aromatic heterocycles. The summed E-state index contributed by atoms with van der Waals surface area (Å²) in [6.45, 7) is 2.54. The van der Waals surface area contributed by atoms with Gasteiger partial charge in [0.05, 0.1) is 20.5 Å². The first-order valence-corrected chi connectivity index (χ1v) is 12.5. The van der Waals surface area contributed by atoms with Crippen molar-refractivity contribution in [3.8, 4) is 6.07 Å². The van der Waals surface area contributed by atoms with E-state index in [1.807, 2.05) is 0 Å². The molecule has 8 heteroatoms. The van der Waals surface area contributed by atoms with E-state index in [9.17, 15) is 19.6 Å². The Morgan fingerprint density at radius 2 is 1.88 bits per heavy atom. The molecule has 1 unspecified atom stereocenters. The van der Waals surface area contributed by atoms with E-state index >= 15 is 0 Å². The topological polar surface area (TPSA) is 90.3 Å². The number of rotatable bonds is 7. The Morgan fingerprint density at radius 1 is 1.18 bits per heavy atom. The van der Waals surface area contributed by atoms with Crippen molar-refractivity contribution in [1.82, 2.24) is 4.90 Å². The lowest BCUT2D eigenvalue weighted by atomic mass is 9.85. The zero-order chi connectivity index (χ0) is 23.5. The van der Waals surface area contributed by atoms with Gasteiger partial charge in [0.15, 0.2) is 0 Å². The minimum atomic E-state index is -0.250. The Bertz CT molecular complexity index is 1190. The fourth-order valence-electron chi connectivity index (χ4n) is 4.51. The first-order valence-electron chi connectivity index (χ1n) is 11.2. The van der Waals surface area contributed by atoms with Crippen LogP contribution in [0, 0.1) is 21.1 Å². The van der Waals surface area contributed by atoms with Crippen molar-refractivity contribution < 1.29 is 14.4 Å². The molecular weight excluding hydrogens is 454 g/mol. The van der Waals surface area contributed by atoms with E-state index in [2.05, 4.69) is 18.3 Å². The van der Waals surface area contributed by atoms with Crippen LogP contribution in [0.2, 0.25) is 0 Å². The van der Waals surface area contributed by atoms with Gasteiger partial charge in [-0.3, -0.25) is 19.3 Å². The van der Waals surface area contributed by atoms with E-state index in [4.69, 9.17) is 12.2 Å². The zero-order valence-electron chi connectivity index (χ0n) is 18.5. The number of hydrogen-bond donors (Lipinski definition) is 1. The van der Waals surface area contributed by atoms with Crippen LogP contribution in [0.3, 0.4) is 0 Å². The second-order valence-corrected chi connectivity index (χ2v) is 10.4. The third kappa shape index (κ3) is 4.75.